The van der Waals surface area contributed by atoms with Crippen LogP contribution in [-0.4, -0.2) is 11.5 Å². The summed E-state index contributed by atoms with van der Waals surface area (Å²) in [6.07, 6.45) is 0. The molecule has 0 bridgehead atoms. The van der Waals surface area contributed by atoms with E-state index in [2.05, 4.69) is 10.6 Å². The van der Waals surface area contributed by atoms with Crippen LogP contribution in [0.4, 0.5) is 17.1 Å². The zero-order valence-electron chi connectivity index (χ0n) is 11.4. The number of para-hydroxylation sites is 1. The number of thiophene rings is 1. The number of hydrogen-bond acceptors (Lipinski definition) is 5. The first kappa shape index (κ1) is 14.3. The summed E-state index contributed by atoms with van der Waals surface area (Å²) in [4.78, 5) is 12.1. The van der Waals surface area contributed by atoms with E-state index in [9.17, 15) is 10.1 Å². The normalized spacial score (nSPS) is 11.9. The fourth-order valence-electron chi connectivity index (χ4n) is 2.03. The average molecular weight is 291 g/mol. The maximum Gasteiger partial charge on any atom is 0.315 e. The maximum atomic E-state index is 11.3. The van der Waals surface area contributed by atoms with Gasteiger partial charge in [0.25, 0.3) is 0 Å². The molecule has 20 heavy (non-hydrogen) atoms. The predicted molar refractivity (Wildman–Crippen MR) is 83.6 cm³/mol. The molecule has 1 aromatic carbocycles. The topological polar surface area (TPSA) is 67.2 Å². The Hall–Kier alpha value is -2.08. The first-order valence-electron chi connectivity index (χ1n) is 6.44. The molecule has 0 amide bonds. The van der Waals surface area contributed by atoms with Crippen LogP contribution in [0.1, 0.15) is 24.8 Å². The van der Waals surface area contributed by atoms with Gasteiger partial charge in [-0.1, -0.05) is 12.1 Å². The lowest BCUT2D eigenvalue weighted by Gasteiger charge is -2.15. The minimum absolute atomic E-state index is 0.0329. The number of anilines is 2. The van der Waals surface area contributed by atoms with Crippen LogP contribution in [0, 0.1) is 10.1 Å². The fourth-order valence-corrected chi connectivity index (χ4v) is 2.77. The minimum Gasteiger partial charge on any atom is -0.380 e. The Labute approximate surface area is 121 Å². The molecule has 0 aliphatic rings. The molecule has 1 atom stereocenters. The van der Waals surface area contributed by atoms with Gasteiger partial charge in [0.1, 0.15) is 11.4 Å². The monoisotopic (exact) mass is 291 g/mol. The quantitative estimate of drug-likeness (QED) is 0.616. The Morgan fingerprint density at radius 2 is 2.05 bits per heavy atom. The van der Waals surface area contributed by atoms with Crippen molar-refractivity contribution in [2.75, 3.05) is 17.2 Å². The van der Waals surface area contributed by atoms with Gasteiger partial charge in [0.05, 0.1) is 11.0 Å². The van der Waals surface area contributed by atoms with E-state index in [1.165, 1.54) is 0 Å². The minimum atomic E-state index is -0.346. The standard InChI is InChI=1S/C14H17N3O2S/c1-3-15-11-6-4-7-12(14(11)17(18)19)16-10(2)13-8-5-9-20-13/h4-10,15-16H,3H2,1-2H3. The van der Waals surface area contributed by atoms with Gasteiger partial charge in [-0.15, -0.1) is 11.3 Å². The van der Waals surface area contributed by atoms with E-state index in [1.54, 1.807) is 23.5 Å². The molecule has 0 saturated heterocycles. The third-order valence-electron chi connectivity index (χ3n) is 2.93. The van der Waals surface area contributed by atoms with Crippen molar-refractivity contribution in [3.8, 4) is 0 Å². The van der Waals surface area contributed by atoms with Gasteiger partial charge in [0.15, 0.2) is 0 Å². The van der Waals surface area contributed by atoms with E-state index >= 15 is 0 Å². The summed E-state index contributed by atoms with van der Waals surface area (Å²) in [7, 11) is 0. The Morgan fingerprint density at radius 1 is 1.30 bits per heavy atom. The Morgan fingerprint density at radius 3 is 2.65 bits per heavy atom. The van der Waals surface area contributed by atoms with E-state index in [0.29, 0.717) is 17.9 Å². The fraction of sp³-hybridized carbons (Fsp3) is 0.286. The summed E-state index contributed by atoms with van der Waals surface area (Å²) in [6, 6.07) is 9.30. The summed E-state index contributed by atoms with van der Waals surface area (Å²) in [5, 5.41) is 19.6. The molecule has 0 radical (unpaired) electrons. The molecule has 0 spiro atoms. The second-order valence-electron chi connectivity index (χ2n) is 4.37. The second kappa shape index (κ2) is 6.38. The van der Waals surface area contributed by atoms with Gasteiger partial charge in [0.2, 0.25) is 0 Å². The smallest absolute Gasteiger partial charge is 0.315 e. The van der Waals surface area contributed by atoms with Gasteiger partial charge in [-0.3, -0.25) is 10.1 Å². The SMILES string of the molecule is CCNc1cccc(NC(C)c2cccs2)c1[N+](=O)[O-]. The van der Waals surface area contributed by atoms with E-state index in [0.717, 1.165) is 4.88 Å². The van der Waals surface area contributed by atoms with Crippen molar-refractivity contribution in [2.45, 2.75) is 19.9 Å². The van der Waals surface area contributed by atoms with Crippen molar-refractivity contribution < 1.29 is 4.92 Å². The largest absolute Gasteiger partial charge is 0.380 e. The van der Waals surface area contributed by atoms with Crippen molar-refractivity contribution in [3.05, 3.63) is 50.7 Å². The van der Waals surface area contributed by atoms with Crippen molar-refractivity contribution >= 4 is 28.4 Å². The summed E-state index contributed by atoms with van der Waals surface area (Å²) < 4.78 is 0. The highest BCUT2D eigenvalue weighted by atomic mass is 32.1. The van der Waals surface area contributed by atoms with E-state index in [-0.39, 0.29) is 16.7 Å². The van der Waals surface area contributed by atoms with Gasteiger partial charge >= 0.3 is 5.69 Å². The summed E-state index contributed by atoms with van der Waals surface area (Å²) in [5.41, 5.74) is 1.17. The Balaban J connectivity index is 2.31. The van der Waals surface area contributed by atoms with Crippen LogP contribution in [0.5, 0.6) is 0 Å². The molecule has 1 aromatic heterocycles. The highest BCUT2D eigenvalue weighted by molar-refractivity contribution is 7.10. The van der Waals surface area contributed by atoms with Crippen LogP contribution >= 0.6 is 11.3 Å². The molecule has 106 valence electrons. The van der Waals surface area contributed by atoms with Crippen LogP contribution in [-0.2, 0) is 0 Å². The number of benzene rings is 1. The van der Waals surface area contributed by atoms with Gasteiger partial charge in [-0.2, -0.15) is 0 Å². The lowest BCUT2D eigenvalue weighted by atomic mass is 10.2. The van der Waals surface area contributed by atoms with Gasteiger partial charge in [-0.05, 0) is 37.4 Å². The number of hydrogen-bond donors (Lipinski definition) is 2. The van der Waals surface area contributed by atoms with Crippen LogP contribution in [0.15, 0.2) is 35.7 Å². The molecule has 0 aliphatic heterocycles. The zero-order valence-corrected chi connectivity index (χ0v) is 12.2. The van der Waals surface area contributed by atoms with Gasteiger partial charge in [-0.25, -0.2) is 0 Å². The van der Waals surface area contributed by atoms with Gasteiger partial charge < -0.3 is 10.6 Å². The highest BCUT2D eigenvalue weighted by Crippen LogP contribution is 2.35. The van der Waals surface area contributed by atoms with Crippen LogP contribution in [0.25, 0.3) is 0 Å². The van der Waals surface area contributed by atoms with E-state index < -0.39 is 0 Å². The highest BCUT2D eigenvalue weighted by Gasteiger charge is 2.20. The summed E-state index contributed by atoms with van der Waals surface area (Å²) in [6.45, 7) is 4.55. The number of nitrogens with zero attached hydrogens (tertiary/aromatic N) is 1. The molecule has 5 nitrogen and oxygen atoms in total. The second-order valence-corrected chi connectivity index (χ2v) is 5.35. The average Bonchev–Trinajstić information content (AvgIpc) is 2.92. The third kappa shape index (κ3) is 3.08. The first-order valence-corrected chi connectivity index (χ1v) is 7.32. The zero-order chi connectivity index (χ0) is 14.5. The first-order chi connectivity index (χ1) is 9.63. The van der Waals surface area contributed by atoms with Crippen molar-refractivity contribution in [1.82, 2.24) is 0 Å². The molecular weight excluding hydrogens is 274 g/mol. The van der Waals surface area contributed by atoms with E-state index in [1.807, 2.05) is 37.4 Å². The molecule has 2 rings (SSSR count). The molecule has 0 saturated carbocycles. The molecule has 1 heterocycles. The number of nitro groups is 1. The predicted octanol–water partition coefficient (Wildman–Crippen LogP) is 4.26. The molecule has 0 aliphatic carbocycles. The number of nitro benzene ring substituents is 1. The number of rotatable bonds is 6. The lowest BCUT2D eigenvalue weighted by Crippen LogP contribution is -2.09. The number of nitrogens with one attached hydrogen (secondary N) is 2. The molecular formula is C14H17N3O2S. The Bertz CT molecular complexity index is 584. The molecule has 2 aromatic rings. The molecule has 2 N–H and O–H groups in total. The summed E-state index contributed by atoms with van der Waals surface area (Å²) in [5.74, 6) is 0. The Kier molecular flexibility index (Phi) is 4.57. The lowest BCUT2D eigenvalue weighted by molar-refractivity contribution is -0.383. The molecule has 6 heteroatoms. The third-order valence-corrected chi connectivity index (χ3v) is 3.98. The maximum absolute atomic E-state index is 11.3. The van der Waals surface area contributed by atoms with Crippen molar-refractivity contribution in [1.29, 1.82) is 0 Å². The van der Waals surface area contributed by atoms with Gasteiger partial charge in [0, 0.05) is 11.4 Å². The van der Waals surface area contributed by atoms with Crippen molar-refractivity contribution in [2.24, 2.45) is 0 Å². The van der Waals surface area contributed by atoms with E-state index in [4.69, 9.17) is 0 Å². The molecule has 1 unspecified atom stereocenters. The van der Waals surface area contributed by atoms with Crippen molar-refractivity contribution in [3.63, 3.8) is 0 Å². The van der Waals surface area contributed by atoms with Crippen LogP contribution in [0.3, 0.4) is 0 Å². The molecule has 0 fully saturated rings. The van der Waals surface area contributed by atoms with Crippen LogP contribution < -0.4 is 10.6 Å². The van der Waals surface area contributed by atoms with Crippen LogP contribution in [0.2, 0.25) is 0 Å². The summed E-state index contributed by atoms with van der Waals surface area (Å²) >= 11 is 1.63.